The zero-order valence-electron chi connectivity index (χ0n) is 47.6. The molecular formula is C57H80N12O11S. The van der Waals surface area contributed by atoms with Gasteiger partial charge in [-0.25, -0.2) is 28.2 Å². The number of aliphatic hydroxyl groups is 1. The SMILES string of the molecule is CCCN(CCC)CCCC[C@H](C(=O)NCC(=O)NCOCCCc1c2c(nc3cc4c(cc13)OCO4)-c1cc3c(c(=O)n1C2)COC(=O)[C@]3(O)CC)C(N)[C@@H](C(C)C)C(N)CCCCCn1cc(-c2cnc(S(C)(=O)=O)nc2)nn1. The number of amides is 2. The molecule has 0 radical (unpaired) electrons. The maximum atomic E-state index is 14.2. The van der Waals surface area contributed by atoms with Crippen molar-refractivity contribution in [2.24, 2.45) is 29.2 Å². The van der Waals surface area contributed by atoms with Crippen LogP contribution in [0.4, 0.5) is 0 Å². The standard InChI is InChI=1S/C57H80N12O11S/c1-7-19-67(20-8-2)21-14-12-16-38(51(59)50(35(4)5)43(58)18-11-10-13-22-68-31-45(65-66-68)36-27-61-56(62-28-36)81(6,75)76)53(71)60-29-49(70)63-33-77-23-15-17-37-39-24-47-48(80-34-79-47)26-44(39)64-52-40(37)30-69-46(52)25-42-41(54(69)72)32-78-55(73)57(42,74)9-3/h24-28,31,35,38,43,50-51,74H,7-23,29-30,32-34,58-59H2,1-6H3,(H,60,71)(H,63,70)/t38-,43?,50-,51?,57-/m0/s1. The molecule has 5 atom stereocenters. The molecule has 2 amide bonds. The first kappa shape index (κ1) is 60.7. The van der Waals surface area contributed by atoms with Crippen LogP contribution in [0.3, 0.4) is 0 Å². The van der Waals surface area contributed by atoms with Gasteiger partial charge in [-0.1, -0.05) is 59.1 Å². The molecule has 0 bridgehead atoms. The van der Waals surface area contributed by atoms with Gasteiger partial charge >= 0.3 is 5.97 Å². The topological polar surface area (TPSA) is 313 Å². The van der Waals surface area contributed by atoms with E-state index in [4.69, 9.17) is 35.4 Å². The summed E-state index contributed by atoms with van der Waals surface area (Å²) in [6.45, 7) is 13.8. The lowest BCUT2D eigenvalue weighted by molar-refractivity contribution is -0.172. The maximum Gasteiger partial charge on any atom is 0.343 e. The Morgan fingerprint density at radius 1 is 0.914 bits per heavy atom. The Balaban J connectivity index is 0.844. The van der Waals surface area contributed by atoms with Crippen molar-refractivity contribution in [1.82, 2.24) is 50.0 Å². The highest BCUT2D eigenvalue weighted by atomic mass is 32.2. The second-order valence-corrected chi connectivity index (χ2v) is 23.9. The number of carbonyl (C=O) groups is 3. The van der Waals surface area contributed by atoms with Crippen LogP contribution < -0.4 is 37.1 Å². The summed E-state index contributed by atoms with van der Waals surface area (Å²) >= 11 is 0. The van der Waals surface area contributed by atoms with Crippen molar-refractivity contribution in [2.45, 2.75) is 154 Å². The molecule has 1 aromatic carbocycles. The number of rotatable bonds is 31. The third-order valence-corrected chi connectivity index (χ3v) is 16.7. The van der Waals surface area contributed by atoms with E-state index in [0.29, 0.717) is 71.9 Å². The van der Waals surface area contributed by atoms with Crippen LogP contribution in [0.1, 0.15) is 128 Å². The number of aromatic nitrogens is 7. The fourth-order valence-electron chi connectivity index (χ4n) is 11.6. The lowest BCUT2D eigenvalue weighted by Gasteiger charge is -2.37. The number of carbonyl (C=O) groups excluding carboxylic acids is 3. The van der Waals surface area contributed by atoms with E-state index in [2.05, 4.69) is 63.5 Å². The van der Waals surface area contributed by atoms with Gasteiger partial charge in [0, 0.05) is 72.0 Å². The molecular weight excluding hydrogens is 1060 g/mol. The average Bonchev–Trinajstić information content (AvgIpc) is 4.11. The number of esters is 1. The average molecular weight is 1140 g/mol. The second-order valence-electron chi connectivity index (χ2n) is 22.0. The van der Waals surface area contributed by atoms with Crippen molar-refractivity contribution in [3.05, 3.63) is 69.4 Å². The Kier molecular flexibility index (Phi) is 20.3. The Morgan fingerprint density at radius 3 is 2.35 bits per heavy atom. The zero-order valence-corrected chi connectivity index (χ0v) is 48.4. The monoisotopic (exact) mass is 1140 g/mol. The first-order valence-corrected chi connectivity index (χ1v) is 30.5. The van der Waals surface area contributed by atoms with E-state index in [-0.39, 0.29) is 91.9 Å². The molecule has 0 saturated heterocycles. The molecule has 8 rings (SSSR count). The van der Waals surface area contributed by atoms with Gasteiger partial charge in [0.15, 0.2) is 17.1 Å². The summed E-state index contributed by atoms with van der Waals surface area (Å²) in [4.78, 5) is 69.6. The second kappa shape index (κ2) is 27.1. The van der Waals surface area contributed by atoms with E-state index in [9.17, 15) is 32.7 Å². The van der Waals surface area contributed by atoms with Crippen molar-refractivity contribution in [3.8, 4) is 34.1 Å². The molecule has 3 aliphatic heterocycles. The number of hydrogen-bond donors (Lipinski definition) is 5. The molecule has 5 aromatic rings. The summed E-state index contributed by atoms with van der Waals surface area (Å²) in [5.41, 5.74) is 16.8. The Labute approximate surface area is 473 Å². The van der Waals surface area contributed by atoms with Gasteiger partial charge in [0.1, 0.15) is 19.0 Å². The van der Waals surface area contributed by atoms with Crippen molar-refractivity contribution < 1.29 is 46.9 Å². The minimum atomic E-state index is -3.52. The molecule has 0 spiro atoms. The van der Waals surface area contributed by atoms with E-state index in [1.807, 2.05) is 12.1 Å². The first-order valence-electron chi connectivity index (χ1n) is 28.6. The molecule has 3 aliphatic rings. The number of ether oxygens (including phenoxy) is 4. The number of cyclic esters (lactones) is 1. The van der Waals surface area contributed by atoms with Crippen molar-refractivity contribution in [3.63, 3.8) is 0 Å². The van der Waals surface area contributed by atoms with E-state index < -0.39 is 39.3 Å². The van der Waals surface area contributed by atoms with Crippen LogP contribution in [0.25, 0.3) is 33.5 Å². The number of nitrogens with one attached hydrogen (secondary N) is 2. The Morgan fingerprint density at radius 2 is 1.64 bits per heavy atom. The zero-order chi connectivity index (χ0) is 58.0. The summed E-state index contributed by atoms with van der Waals surface area (Å²) < 4.78 is 49.5. The van der Waals surface area contributed by atoms with Crippen molar-refractivity contribution in [2.75, 3.05) is 52.6 Å². The molecule has 440 valence electrons. The van der Waals surface area contributed by atoms with Crippen LogP contribution in [0.15, 0.2) is 46.7 Å². The van der Waals surface area contributed by atoms with Gasteiger partial charge in [-0.05, 0) is 107 Å². The van der Waals surface area contributed by atoms with Crippen LogP contribution in [-0.4, -0.2) is 135 Å². The molecule has 7 N–H and O–H groups in total. The summed E-state index contributed by atoms with van der Waals surface area (Å²) in [5.74, 6) is -1.02. The quantitative estimate of drug-likeness (QED) is 0.0173. The van der Waals surface area contributed by atoms with Gasteiger partial charge in [-0.2, -0.15) is 0 Å². The number of aryl methyl sites for hydroxylation is 2. The predicted octanol–water partition coefficient (Wildman–Crippen LogP) is 4.50. The number of unbranched alkanes of at least 4 members (excludes halogenated alkanes) is 3. The number of fused-ring (bicyclic) bond motifs is 6. The molecule has 0 fully saturated rings. The fourth-order valence-corrected chi connectivity index (χ4v) is 12.1. The summed E-state index contributed by atoms with van der Waals surface area (Å²) in [7, 11) is -3.52. The van der Waals surface area contributed by atoms with Gasteiger partial charge in [0.05, 0.1) is 47.7 Å². The maximum absolute atomic E-state index is 14.2. The number of sulfone groups is 1. The molecule has 23 nitrogen and oxygen atoms in total. The molecule has 24 heteroatoms. The smallest absolute Gasteiger partial charge is 0.343 e. The van der Waals surface area contributed by atoms with Gasteiger partial charge in [0.25, 0.3) is 5.56 Å². The molecule has 4 aromatic heterocycles. The highest BCUT2D eigenvalue weighted by molar-refractivity contribution is 7.90. The third kappa shape index (κ3) is 14.1. The Bertz CT molecular complexity index is 3200. The highest BCUT2D eigenvalue weighted by Gasteiger charge is 2.46. The van der Waals surface area contributed by atoms with Crippen LogP contribution in [-0.2, 0) is 65.4 Å². The van der Waals surface area contributed by atoms with Crippen molar-refractivity contribution >= 4 is 38.5 Å². The molecule has 7 heterocycles. The summed E-state index contributed by atoms with van der Waals surface area (Å²) in [5, 5.41) is 26.1. The van der Waals surface area contributed by atoms with Gasteiger partial charge in [-0.3, -0.25) is 19.1 Å². The van der Waals surface area contributed by atoms with Gasteiger partial charge in [-0.15, -0.1) is 5.10 Å². The fraction of sp³-hybridized carbons (Fsp3) is 0.596. The van der Waals surface area contributed by atoms with Crippen molar-refractivity contribution in [1.29, 1.82) is 0 Å². The van der Waals surface area contributed by atoms with Crippen LogP contribution >= 0.6 is 0 Å². The van der Waals surface area contributed by atoms with Gasteiger partial charge < -0.3 is 55.6 Å². The predicted molar refractivity (Wildman–Crippen MR) is 302 cm³/mol. The van der Waals surface area contributed by atoms with E-state index in [1.165, 1.54) is 12.4 Å². The van der Waals surface area contributed by atoms with E-state index in [1.54, 1.807) is 28.4 Å². The number of pyridine rings is 2. The van der Waals surface area contributed by atoms with Crippen LogP contribution in [0, 0.1) is 17.8 Å². The Hall–Kier alpha value is -6.44. The summed E-state index contributed by atoms with van der Waals surface area (Å²) in [6.07, 6.45) is 14.4. The largest absolute Gasteiger partial charge is 0.458 e. The molecule has 0 saturated carbocycles. The van der Waals surface area contributed by atoms with E-state index >= 15 is 0 Å². The number of nitrogens with two attached hydrogens (primary N) is 2. The third-order valence-electron chi connectivity index (χ3n) is 15.9. The summed E-state index contributed by atoms with van der Waals surface area (Å²) in [6, 6.07) is 4.57. The van der Waals surface area contributed by atoms with E-state index in [0.717, 1.165) is 87.3 Å². The number of benzene rings is 1. The van der Waals surface area contributed by atoms with Crippen LogP contribution in [0.5, 0.6) is 11.5 Å². The molecule has 2 unspecified atom stereocenters. The number of hydrogen-bond acceptors (Lipinski definition) is 19. The molecule has 0 aliphatic carbocycles. The van der Waals surface area contributed by atoms with Gasteiger partial charge in [0.2, 0.25) is 33.6 Å². The van der Waals surface area contributed by atoms with Crippen LogP contribution in [0.2, 0.25) is 0 Å². The lowest BCUT2D eigenvalue weighted by Crippen LogP contribution is -2.53. The lowest BCUT2D eigenvalue weighted by atomic mass is 9.74. The first-order chi connectivity index (χ1) is 38.9. The highest BCUT2D eigenvalue weighted by Crippen LogP contribution is 2.43. The number of nitrogens with zero attached hydrogens (tertiary/aromatic N) is 8. The normalized spacial score (nSPS) is 17.0. The molecule has 81 heavy (non-hydrogen) atoms. The minimum Gasteiger partial charge on any atom is -0.458 e. The minimum absolute atomic E-state index is 0.0292.